The smallest absolute Gasteiger partial charge is 0.270 e. The van der Waals surface area contributed by atoms with Gasteiger partial charge < -0.3 is 5.73 Å². The summed E-state index contributed by atoms with van der Waals surface area (Å²) in [5, 5.41) is 15.1. The number of hydrogen-bond donors (Lipinski definition) is 1. The fourth-order valence-electron chi connectivity index (χ4n) is 2.25. The van der Waals surface area contributed by atoms with Crippen molar-refractivity contribution in [3.8, 4) is 11.3 Å². The molecule has 0 aliphatic heterocycles. The van der Waals surface area contributed by atoms with E-state index in [0.29, 0.717) is 5.56 Å². The van der Waals surface area contributed by atoms with Gasteiger partial charge >= 0.3 is 0 Å². The van der Waals surface area contributed by atoms with Crippen molar-refractivity contribution in [2.45, 2.75) is 6.92 Å². The molecule has 0 amide bonds. The van der Waals surface area contributed by atoms with Crippen molar-refractivity contribution >= 4 is 17.9 Å². The molecule has 0 atom stereocenters. The van der Waals surface area contributed by atoms with Crippen LogP contribution in [0.3, 0.4) is 0 Å². The Labute approximate surface area is 138 Å². The summed E-state index contributed by atoms with van der Waals surface area (Å²) in [5.74, 6) is 0.243. The second-order valence-electron chi connectivity index (χ2n) is 5.28. The summed E-state index contributed by atoms with van der Waals surface area (Å²) in [6.45, 7) is 2.01. The van der Waals surface area contributed by atoms with Crippen molar-refractivity contribution in [3.63, 3.8) is 0 Å². The second-order valence-corrected chi connectivity index (χ2v) is 5.28. The van der Waals surface area contributed by atoms with Gasteiger partial charge in [-0.2, -0.15) is 9.78 Å². The number of nitrogen functional groups attached to an aromatic ring is 1. The molecule has 3 rings (SSSR count). The summed E-state index contributed by atoms with van der Waals surface area (Å²) in [5.41, 5.74) is 9.32. The van der Waals surface area contributed by atoms with Gasteiger partial charge in [0.15, 0.2) is 0 Å². The van der Waals surface area contributed by atoms with E-state index >= 15 is 0 Å². The van der Waals surface area contributed by atoms with Gasteiger partial charge in [0.2, 0.25) is 5.95 Å². The number of nitrogens with zero attached hydrogens (tertiary/aromatic N) is 4. The van der Waals surface area contributed by atoms with E-state index in [0.717, 1.165) is 16.8 Å². The zero-order chi connectivity index (χ0) is 17.1. The molecule has 2 N–H and O–H groups in total. The van der Waals surface area contributed by atoms with Crippen LogP contribution in [-0.2, 0) is 0 Å². The highest BCUT2D eigenvalue weighted by atomic mass is 16.6. The number of non-ortho nitro benzene ring substituents is 1. The highest BCUT2D eigenvalue weighted by molar-refractivity contribution is 5.81. The minimum atomic E-state index is -0.444. The Balaban J connectivity index is 1.96. The van der Waals surface area contributed by atoms with Gasteiger partial charge in [-0.05, 0) is 6.92 Å². The number of rotatable bonds is 4. The highest BCUT2D eigenvalue weighted by Crippen LogP contribution is 2.22. The van der Waals surface area contributed by atoms with Gasteiger partial charge in [-0.25, -0.2) is 4.98 Å². The molecular weight excluding hydrogens is 306 g/mol. The molecule has 7 nitrogen and oxygen atoms in total. The first-order valence-electron chi connectivity index (χ1n) is 7.23. The Morgan fingerprint density at radius 3 is 2.71 bits per heavy atom. The number of aryl methyl sites for hydroxylation is 1. The van der Waals surface area contributed by atoms with E-state index in [-0.39, 0.29) is 11.6 Å². The van der Waals surface area contributed by atoms with E-state index in [9.17, 15) is 10.1 Å². The minimum absolute atomic E-state index is 0.0105. The lowest BCUT2D eigenvalue weighted by Gasteiger charge is -2.04. The first-order chi connectivity index (χ1) is 11.5. The molecule has 1 aromatic heterocycles. The first-order valence-corrected chi connectivity index (χ1v) is 7.23. The van der Waals surface area contributed by atoms with E-state index in [1.165, 1.54) is 23.0 Å². The third kappa shape index (κ3) is 3.14. The van der Waals surface area contributed by atoms with Crippen LogP contribution in [0.15, 0.2) is 59.8 Å². The Kier molecular flexibility index (Phi) is 4.07. The Morgan fingerprint density at radius 2 is 2.00 bits per heavy atom. The number of imidazole rings is 1. The van der Waals surface area contributed by atoms with E-state index in [2.05, 4.69) is 10.1 Å². The SMILES string of the molecule is Cc1ccc(-c2cnc(N)n2N=Cc2cccc([N+](=O)[O-])c2)cc1. The Hall–Kier alpha value is -3.48. The lowest BCUT2D eigenvalue weighted by molar-refractivity contribution is -0.384. The molecule has 0 radical (unpaired) electrons. The molecule has 120 valence electrons. The molecule has 2 aromatic carbocycles. The monoisotopic (exact) mass is 321 g/mol. The molecule has 0 bridgehead atoms. The molecule has 0 aliphatic carbocycles. The van der Waals surface area contributed by atoms with Crippen LogP contribution in [0.1, 0.15) is 11.1 Å². The maximum absolute atomic E-state index is 10.8. The third-order valence-corrected chi connectivity index (χ3v) is 3.51. The van der Waals surface area contributed by atoms with Crippen molar-refractivity contribution in [1.29, 1.82) is 0 Å². The molecule has 0 fully saturated rings. The number of aromatic nitrogens is 2. The predicted molar refractivity (Wildman–Crippen MR) is 92.9 cm³/mol. The highest BCUT2D eigenvalue weighted by Gasteiger charge is 2.09. The third-order valence-electron chi connectivity index (χ3n) is 3.51. The Bertz CT molecular complexity index is 913. The lowest BCUT2D eigenvalue weighted by atomic mass is 10.1. The van der Waals surface area contributed by atoms with Crippen molar-refractivity contribution in [2.24, 2.45) is 5.10 Å². The van der Waals surface area contributed by atoms with Gasteiger partial charge in [0.1, 0.15) is 0 Å². The molecular formula is C17H15N5O2. The number of nitrogens with two attached hydrogens (primary N) is 1. The van der Waals surface area contributed by atoms with Crippen LogP contribution < -0.4 is 5.73 Å². The van der Waals surface area contributed by atoms with Crippen LogP contribution in [0.2, 0.25) is 0 Å². The number of anilines is 1. The van der Waals surface area contributed by atoms with E-state index in [4.69, 9.17) is 5.73 Å². The van der Waals surface area contributed by atoms with Crippen molar-refractivity contribution in [2.75, 3.05) is 5.73 Å². The number of nitro groups is 1. The molecule has 0 saturated heterocycles. The maximum Gasteiger partial charge on any atom is 0.270 e. The maximum atomic E-state index is 10.8. The van der Waals surface area contributed by atoms with Crippen LogP contribution in [0.4, 0.5) is 11.6 Å². The van der Waals surface area contributed by atoms with Gasteiger partial charge in [-0.15, -0.1) is 0 Å². The van der Waals surface area contributed by atoms with E-state index in [1.807, 2.05) is 31.2 Å². The van der Waals surface area contributed by atoms with Crippen LogP contribution >= 0.6 is 0 Å². The fourth-order valence-corrected chi connectivity index (χ4v) is 2.25. The van der Waals surface area contributed by atoms with Crippen LogP contribution in [0, 0.1) is 17.0 Å². The van der Waals surface area contributed by atoms with Gasteiger partial charge in [0.05, 0.1) is 23.0 Å². The summed E-state index contributed by atoms with van der Waals surface area (Å²) in [7, 11) is 0. The molecule has 0 saturated carbocycles. The quantitative estimate of drug-likeness (QED) is 0.453. The first kappa shape index (κ1) is 15.4. The number of nitro benzene ring substituents is 1. The average molecular weight is 321 g/mol. The number of hydrogen-bond acceptors (Lipinski definition) is 5. The zero-order valence-corrected chi connectivity index (χ0v) is 13.0. The van der Waals surface area contributed by atoms with Crippen molar-refractivity contribution < 1.29 is 4.92 Å². The van der Waals surface area contributed by atoms with Crippen LogP contribution in [-0.4, -0.2) is 20.8 Å². The normalized spacial score (nSPS) is 11.0. The average Bonchev–Trinajstić information content (AvgIpc) is 2.95. The lowest BCUT2D eigenvalue weighted by Crippen LogP contribution is -2.00. The summed E-state index contributed by atoms with van der Waals surface area (Å²) in [4.78, 5) is 14.5. The molecule has 0 unspecified atom stereocenters. The summed E-state index contributed by atoms with van der Waals surface area (Å²) in [6, 6.07) is 14.1. The molecule has 24 heavy (non-hydrogen) atoms. The minimum Gasteiger partial charge on any atom is -0.368 e. The second kappa shape index (κ2) is 6.33. The van der Waals surface area contributed by atoms with E-state index in [1.54, 1.807) is 18.3 Å². The largest absolute Gasteiger partial charge is 0.368 e. The fraction of sp³-hybridized carbons (Fsp3) is 0.0588. The van der Waals surface area contributed by atoms with Crippen LogP contribution in [0.25, 0.3) is 11.3 Å². The summed E-state index contributed by atoms with van der Waals surface area (Å²) >= 11 is 0. The van der Waals surface area contributed by atoms with Crippen molar-refractivity contribution in [1.82, 2.24) is 9.66 Å². The topological polar surface area (TPSA) is 99.3 Å². The molecule has 0 aliphatic rings. The van der Waals surface area contributed by atoms with Crippen molar-refractivity contribution in [3.05, 3.63) is 76.0 Å². The van der Waals surface area contributed by atoms with Crippen LogP contribution in [0.5, 0.6) is 0 Å². The number of benzene rings is 2. The standard InChI is InChI=1S/C17H15N5O2/c1-12-5-7-14(8-6-12)16-11-19-17(18)21(16)20-10-13-3-2-4-15(9-13)22(23)24/h2-11H,1H3,(H2,18,19). The van der Waals surface area contributed by atoms with Gasteiger partial charge in [0.25, 0.3) is 5.69 Å². The van der Waals surface area contributed by atoms with Gasteiger partial charge in [-0.1, -0.05) is 42.0 Å². The zero-order valence-electron chi connectivity index (χ0n) is 13.0. The summed E-state index contributed by atoms with van der Waals surface area (Å²) < 4.78 is 1.50. The van der Waals surface area contributed by atoms with Gasteiger partial charge in [0, 0.05) is 23.3 Å². The molecule has 7 heteroatoms. The summed E-state index contributed by atoms with van der Waals surface area (Å²) in [6.07, 6.45) is 3.16. The molecule has 3 aromatic rings. The van der Waals surface area contributed by atoms with E-state index < -0.39 is 4.92 Å². The van der Waals surface area contributed by atoms with Gasteiger partial charge in [-0.3, -0.25) is 10.1 Å². The predicted octanol–water partition coefficient (Wildman–Crippen LogP) is 3.23. The molecule has 1 heterocycles. The molecule has 0 spiro atoms. The Morgan fingerprint density at radius 1 is 1.25 bits per heavy atom.